The molecule has 0 aromatic heterocycles. The number of hydrogen-bond acceptors (Lipinski definition) is 3. The topological polar surface area (TPSA) is 41.8 Å². The zero-order chi connectivity index (χ0) is 12.4. The van der Waals surface area contributed by atoms with Crippen LogP contribution in [0.2, 0.25) is 0 Å². The van der Waals surface area contributed by atoms with Crippen LogP contribution in [0.4, 0.5) is 0 Å². The highest BCUT2D eigenvalue weighted by Gasteiger charge is 2.14. The first-order valence-electron chi connectivity index (χ1n) is 5.64. The molecule has 3 rings (SSSR count). The Kier molecular flexibility index (Phi) is 2.57. The van der Waals surface area contributed by atoms with Crippen LogP contribution in [-0.2, 0) is 0 Å². The molecule has 1 heterocycles. The van der Waals surface area contributed by atoms with Crippen molar-refractivity contribution >= 4 is 11.7 Å². The van der Waals surface area contributed by atoms with Gasteiger partial charge in [0.05, 0.1) is 11.8 Å². The SMILES string of the molecule is OC1=CN=C(c2ccccc2)Oc2ccccc21. The number of para-hydroxylation sites is 1. The highest BCUT2D eigenvalue weighted by atomic mass is 16.5. The van der Waals surface area contributed by atoms with E-state index in [-0.39, 0.29) is 5.76 Å². The van der Waals surface area contributed by atoms with Gasteiger partial charge >= 0.3 is 0 Å². The second-order valence-electron chi connectivity index (χ2n) is 3.91. The summed E-state index contributed by atoms with van der Waals surface area (Å²) < 4.78 is 5.75. The van der Waals surface area contributed by atoms with Gasteiger partial charge in [-0.25, -0.2) is 4.99 Å². The Morgan fingerprint density at radius 2 is 1.61 bits per heavy atom. The van der Waals surface area contributed by atoms with Gasteiger partial charge in [-0.15, -0.1) is 0 Å². The largest absolute Gasteiger partial charge is 0.506 e. The van der Waals surface area contributed by atoms with Crippen molar-refractivity contribution in [3.63, 3.8) is 0 Å². The molecule has 1 aliphatic heterocycles. The quantitative estimate of drug-likeness (QED) is 0.826. The first kappa shape index (κ1) is 10.6. The minimum Gasteiger partial charge on any atom is -0.506 e. The maximum Gasteiger partial charge on any atom is 0.226 e. The molecule has 0 saturated heterocycles. The summed E-state index contributed by atoms with van der Waals surface area (Å²) in [6.07, 6.45) is 1.41. The van der Waals surface area contributed by atoms with Crippen molar-refractivity contribution in [2.24, 2.45) is 4.99 Å². The number of ether oxygens (including phenoxy) is 1. The number of aliphatic hydroxyl groups is 1. The van der Waals surface area contributed by atoms with Crippen LogP contribution in [0.5, 0.6) is 5.75 Å². The smallest absolute Gasteiger partial charge is 0.226 e. The number of rotatable bonds is 1. The van der Waals surface area contributed by atoms with E-state index < -0.39 is 0 Å². The van der Waals surface area contributed by atoms with Gasteiger partial charge in [0, 0.05) is 5.56 Å². The van der Waals surface area contributed by atoms with Gasteiger partial charge in [0.25, 0.3) is 0 Å². The number of hydrogen-bond donors (Lipinski definition) is 1. The van der Waals surface area contributed by atoms with Gasteiger partial charge in [-0.1, -0.05) is 30.3 Å². The van der Waals surface area contributed by atoms with Crippen LogP contribution < -0.4 is 4.74 Å². The summed E-state index contributed by atoms with van der Waals surface area (Å²) in [6, 6.07) is 16.9. The molecule has 1 aliphatic rings. The molecule has 0 unspecified atom stereocenters. The molecule has 1 N–H and O–H groups in total. The predicted octanol–water partition coefficient (Wildman–Crippen LogP) is 3.38. The van der Waals surface area contributed by atoms with Gasteiger partial charge in [0.1, 0.15) is 11.5 Å². The van der Waals surface area contributed by atoms with E-state index >= 15 is 0 Å². The molecule has 2 aromatic rings. The summed E-state index contributed by atoms with van der Waals surface area (Å²) in [4.78, 5) is 4.17. The first-order valence-corrected chi connectivity index (χ1v) is 5.64. The Labute approximate surface area is 105 Å². The van der Waals surface area contributed by atoms with Crippen molar-refractivity contribution in [3.05, 3.63) is 71.9 Å². The Balaban J connectivity index is 2.07. The van der Waals surface area contributed by atoms with E-state index in [1.165, 1.54) is 6.20 Å². The van der Waals surface area contributed by atoms with Crippen molar-refractivity contribution in [1.82, 2.24) is 0 Å². The Morgan fingerprint density at radius 3 is 2.44 bits per heavy atom. The summed E-state index contributed by atoms with van der Waals surface area (Å²) in [5.74, 6) is 1.19. The van der Waals surface area contributed by atoms with Crippen LogP contribution in [0.3, 0.4) is 0 Å². The van der Waals surface area contributed by atoms with Crippen LogP contribution in [0.25, 0.3) is 5.76 Å². The molecule has 3 heteroatoms. The normalized spacial score (nSPS) is 13.8. The van der Waals surface area contributed by atoms with Gasteiger partial charge in [0.15, 0.2) is 0 Å². The minimum absolute atomic E-state index is 0.108. The molecular weight excluding hydrogens is 226 g/mol. The monoisotopic (exact) mass is 237 g/mol. The minimum atomic E-state index is 0.108. The zero-order valence-electron chi connectivity index (χ0n) is 9.58. The third-order valence-electron chi connectivity index (χ3n) is 2.69. The number of benzene rings is 2. The molecular formula is C15H11NO2. The summed E-state index contributed by atoms with van der Waals surface area (Å²) in [5, 5.41) is 9.88. The van der Waals surface area contributed by atoms with Gasteiger partial charge in [0.2, 0.25) is 5.90 Å². The standard InChI is InChI=1S/C15H11NO2/c17-13-10-16-15(11-6-2-1-3-7-11)18-14-9-5-4-8-12(13)14/h1-10,17H. The molecule has 3 nitrogen and oxygen atoms in total. The number of aliphatic imine (C=N–C) groups is 1. The van der Waals surface area contributed by atoms with Crippen LogP contribution >= 0.6 is 0 Å². The Morgan fingerprint density at radius 1 is 0.889 bits per heavy atom. The third kappa shape index (κ3) is 1.86. The molecule has 2 aromatic carbocycles. The summed E-state index contributed by atoms with van der Waals surface area (Å²) in [6.45, 7) is 0. The molecule has 0 atom stereocenters. The molecule has 0 amide bonds. The van der Waals surface area contributed by atoms with Crippen LogP contribution in [0.1, 0.15) is 11.1 Å². The second kappa shape index (κ2) is 4.37. The van der Waals surface area contributed by atoms with Crippen molar-refractivity contribution in [2.75, 3.05) is 0 Å². The van der Waals surface area contributed by atoms with Gasteiger partial charge in [-0.2, -0.15) is 0 Å². The van der Waals surface area contributed by atoms with Crippen molar-refractivity contribution in [3.8, 4) is 5.75 Å². The van der Waals surface area contributed by atoms with Gasteiger partial charge in [-0.05, 0) is 24.3 Å². The first-order chi connectivity index (χ1) is 8.84. The second-order valence-corrected chi connectivity index (χ2v) is 3.91. The molecule has 0 fully saturated rings. The molecule has 0 saturated carbocycles. The maximum atomic E-state index is 9.88. The lowest BCUT2D eigenvalue weighted by molar-refractivity contribution is 0.503. The zero-order valence-corrected chi connectivity index (χ0v) is 9.58. The van der Waals surface area contributed by atoms with Gasteiger partial charge in [-0.3, -0.25) is 0 Å². The molecule has 0 spiro atoms. The fraction of sp³-hybridized carbons (Fsp3) is 0. The van der Waals surface area contributed by atoms with E-state index in [9.17, 15) is 5.11 Å². The highest BCUT2D eigenvalue weighted by molar-refractivity contribution is 5.97. The van der Waals surface area contributed by atoms with Crippen molar-refractivity contribution in [2.45, 2.75) is 0 Å². The predicted molar refractivity (Wildman–Crippen MR) is 70.7 cm³/mol. The van der Waals surface area contributed by atoms with E-state index in [2.05, 4.69) is 4.99 Å². The summed E-state index contributed by atoms with van der Waals surface area (Å²) in [7, 11) is 0. The lowest BCUT2D eigenvalue weighted by atomic mass is 10.2. The van der Waals surface area contributed by atoms with Crippen LogP contribution in [0, 0.1) is 0 Å². The lowest BCUT2D eigenvalue weighted by Crippen LogP contribution is -2.09. The van der Waals surface area contributed by atoms with Crippen molar-refractivity contribution < 1.29 is 9.84 Å². The fourth-order valence-electron chi connectivity index (χ4n) is 1.80. The highest BCUT2D eigenvalue weighted by Crippen LogP contribution is 2.27. The summed E-state index contributed by atoms with van der Waals surface area (Å²) >= 11 is 0. The molecule has 88 valence electrons. The number of nitrogens with zero attached hydrogens (tertiary/aromatic N) is 1. The van der Waals surface area contributed by atoms with E-state index in [1.807, 2.05) is 48.5 Å². The number of aliphatic hydroxyl groups excluding tert-OH is 1. The average Bonchev–Trinajstić information content (AvgIpc) is 2.60. The Hall–Kier alpha value is -2.55. The van der Waals surface area contributed by atoms with E-state index in [4.69, 9.17) is 4.74 Å². The van der Waals surface area contributed by atoms with Crippen LogP contribution in [0.15, 0.2) is 65.8 Å². The van der Waals surface area contributed by atoms with Crippen molar-refractivity contribution in [1.29, 1.82) is 0 Å². The lowest BCUT2D eigenvalue weighted by Gasteiger charge is -2.09. The van der Waals surface area contributed by atoms with E-state index in [0.717, 1.165) is 5.56 Å². The fourth-order valence-corrected chi connectivity index (χ4v) is 1.80. The molecule has 0 bridgehead atoms. The molecule has 0 radical (unpaired) electrons. The third-order valence-corrected chi connectivity index (χ3v) is 2.69. The maximum absolute atomic E-state index is 9.88. The van der Waals surface area contributed by atoms with E-state index in [1.54, 1.807) is 6.07 Å². The van der Waals surface area contributed by atoms with Crippen LogP contribution in [-0.4, -0.2) is 11.0 Å². The molecule has 18 heavy (non-hydrogen) atoms. The average molecular weight is 237 g/mol. The number of fused-ring (bicyclic) bond motifs is 1. The molecule has 0 aliphatic carbocycles. The van der Waals surface area contributed by atoms with E-state index in [0.29, 0.717) is 17.2 Å². The summed E-state index contributed by atoms with van der Waals surface area (Å²) in [5.41, 5.74) is 1.52. The Bertz CT molecular complexity index is 630. The van der Waals surface area contributed by atoms with Gasteiger partial charge < -0.3 is 9.84 Å².